The van der Waals surface area contributed by atoms with Gasteiger partial charge >= 0.3 is 0 Å². The maximum atomic E-state index is 11.2. The zero-order chi connectivity index (χ0) is 9.14. The number of carbonyl (C=O) groups excluding carboxylic acids is 1. The summed E-state index contributed by atoms with van der Waals surface area (Å²) in [5.41, 5.74) is 1.28. The number of allylic oxidation sites excluding steroid dienone is 2. The summed E-state index contributed by atoms with van der Waals surface area (Å²) >= 11 is 0. The van der Waals surface area contributed by atoms with E-state index in [4.69, 9.17) is 0 Å². The van der Waals surface area contributed by atoms with Crippen LogP contribution in [0.1, 0.15) is 40.0 Å². The van der Waals surface area contributed by atoms with Crippen molar-refractivity contribution < 1.29 is 4.79 Å². The van der Waals surface area contributed by atoms with Crippen LogP contribution in [-0.2, 0) is 4.79 Å². The number of rotatable bonds is 2. The van der Waals surface area contributed by atoms with Gasteiger partial charge in [-0.15, -0.1) is 0 Å². The highest BCUT2D eigenvalue weighted by Crippen LogP contribution is 2.31. The third kappa shape index (κ3) is 1.96. The maximum absolute atomic E-state index is 11.2. The number of carbonyl (C=O) groups is 1. The predicted octanol–water partition coefficient (Wildman–Crippen LogP) is 2.96. The van der Waals surface area contributed by atoms with E-state index >= 15 is 0 Å². The fourth-order valence-corrected chi connectivity index (χ4v) is 1.93. The molecule has 0 saturated heterocycles. The van der Waals surface area contributed by atoms with E-state index in [1.165, 1.54) is 18.4 Å². The predicted molar refractivity (Wildman–Crippen MR) is 50.9 cm³/mol. The monoisotopic (exact) mass is 166 g/mol. The Balaban J connectivity index is 2.68. The minimum absolute atomic E-state index is 0.226. The summed E-state index contributed by atoms with van der Waals surface area (Å²) in [6.45, 7) is 5.99. The minimum atomic E-state index is 0.226. The summed E-state index contributed by atoms with van der Waals surface area (Å²) in [7, 11) is 0. The summed E-state index contributed by atoms with van der Waals surface area (Å²) in [5.74, 6) is 1.30. The molecule has 0 heterocycles. The van der Waals surface area contributed by atoms with E-state index in [1.54, 1.807) is 6.92 Å². The minimum Gasteiger partial charge on any atom is -0.299 e. The molecule has 0 saturated carbocycles. The van der Waals surface area contributed by atoms with E-state index < -0.39 is 0 Å². The molecule has 0 amide bonds. The molecule has 0 radical (unpaired) electrons. The van der Waals surface area contributed by atoms with Gasteiger partial charge in [0.1, 0.15) is 5.78 Å². The molecule has 2 atom stereocenters. The highest BCUT2D eigenvalue weighted by molar-refractivity contribution is 5.81. The highest BCUT2D eigenvalue weighted by Gasteiger charge is 2.23. The first-order chi connectivity index (χ1) is 5.65. The van der Waals surface area contributed by atoms with Crippen LogP contribution in [0.5, 0.6) is 0 Å². The average Bonchev–Trinajstić information content (AvgIpc) is 2.05. The van der Waals surface area contributed by atoms with E-state index in [0.717, 1.165) is 12.3 Å². The Morgan fingerprint density at radius 1 is 1.67 bits per heavy atom. The lowest BCUT2D eigenvalue weighted by Gasteiger charge is -2.25. The first-order valence-corrected chi connectivity index (χ1v) is 4.82. The van der Waals surface area contributed by atoms with Gasteiger partial charge in [-0.2, -0.15) is 0 Å². The molecule has 0 N–H and O–H groups in total. The van der Waals surface area contributed by atoms with Crippen molar-refractivity contribution in [2.24, 2.45) is 11.8 Å². The van der Waals surface area contributed by atoms with Gasteiger partial charge < -0.3 is 0 Å². The fourth-order valence-electron chi connectivity index (χ4n) is 1.93. The van der Waals surface area contributed by atoms with Gasteiger partial charge in [-0.25, -0.2) is 0 Å². The summed E-state index contributed by atoms with van der Waals surface area (Å²) in [4.78, 5) is 11.2. The van der Waals surface area contributed by atoms with Crippen LogP contribution < -0.4 is 0 Å². The van der Waals surface area contributed by atoms with Crippen molar-refractivity contribution in [3.05, 3.63) is 11.6 Å². The first kappa shape index (κ1) is 9.50. The zero-order valence-electron chi connectivity index (χ0n) is 8.26. The van der Waals surface area contributed by atoms with E-state index in [-0.39, 0.29) is 5.92 Å². The molecule has 2 unspecified atom stereocenters. The second kappa shape index (κ2) is 3.88. The van der Waals surface area contributed by atoms with Crippen LogP contribution in [0.2, 0.25) is 0 Å². The first-order valence-electron chi connectivity index (χ1n) is 4.82. The molecule has 12 heavy (non-hydrogen) atoms. The molecule has 68 valence electrons. The number of hydrogen-bond acceptors (Lipinski definition) is 1. The topological polar surface area (TPSA) is 17.1 Å². The van der Waals surface area contributed by atoms with Crippen molar-refractivity contribution in [1.29, 1.82) is 0 Å². The standard InChI is InChI=1S/C11H18O/c1-4-10-6-5-8(2)11(7-10)9(3)12/h5,10-11H,4,6-7H2,1-3H3. The lowest BCUT2D eigenvalue weighted by molar-refractivity contribution is -0.120. The normalized spacial score (nSPS) is 29.8. The van der Waals surface area contributed by atoms with Gasteiger partial charge in [-0.3, -0.25) is 4.79 Å². The van der Waals surface area contributed by atoms with Gasteiger partial charge in [0.25, 0.3) is 0 Å². The number of ketones is 1. The molecule has 0 spiro atoms. The Kier molecular flexibility index (Phi) is 3.07. The Bertz CT molecular complexity index is 203. The Hall–Kier alpha value is -0.590. The fraction of sp³-hybridized carbons (Fsp3) is 0.727. The van der Waals surface area contributed by atoms with Gasteiger partial charge in [0, 0.05) is 5.92 Å². The van der Waals surface area contributed by atoms with Gasteiger partial charge in [0.2, 0.25) is 0 Å². The van der Waals surface area contributed by atoms with Crippen LogP contribution in [0.15, 0.2) is 11.6 Å². The second-order valence-electron chi connectivity index (χ2n) is 3.86. The van der Waals surface area contributed by atoms with Crippen molar-refractivity contribution in [2.75, 3.05) is 0 Å². The van der Waals surface area contributed by atoms with Crippen molar-refractivity contribution in [1.82, 2.24) is 0 Å². The smallest absolute Gasteiger partial charge is 0.136 e. The van der Waals surface area contributed by atoms with E-state index in [9.17, 15) is 4.79 Å². The molecule has 1 aliphatic rings. The van der Waals surface area contributed by atoms with E-state index in [1.807, 2.05) is 0 Å². The second-order valence-corrected chi connectivity index (χ2v) is 3.86. The summed E-state index contributed by atoms with van der Waals surface area (Å²) in [6.07, 6.45) is 5.69. The molecule has 1 aliphatic carbocycles. The third-order valence-electron chi connectivity index (χ3n) is 2.96. The van der Waals surface area contributed by atoms with Gasteiger partial charge in [-0.05, 0) is 32.6 Å². The lowest BCUT2D eigenvalue weighted by atomic mass is 9.79. The molecule has 1 nitrogen and oxygen atoms in total. The molecule has 1 heteroatoms. The molecule has 0 aliphatic heterocycles. The molecule has 0 aromatic carbocycles. The largest absolute Gasteiger partial charge is 0.299 e. The van der Waals surface area contributed by atoms with Crippen LogP contribution >= 0.6 is 0 Å². The average molecular weight is 166 g/mol. The van der Waals surface area contributed by atoms with Crippen LogP contribution in [0.25, 0.3) is 0 Å². The van der Waals surface area contributed by atoms with Gasteiger partial charge in [0.05, 0.1) is 0 Å². The summed E-state index contributed by atoms with van der Waals surface area (Å²) in [5, 5.41) is 0. The molecule has 0 aromatic rings. The number of Topliss-reactive ketones (excluding diaryl/α,β-unsaturated/α-hetero) is 1. The van der Waals surface area contributed by atoms with Crippen LogP contribution in [0, 0.1) is 11.8 Å². The van der Waals surface area contributed by atoms with Crippen molar-refractivity contribution in [2.45, 2.75) is 40.0 Å². The number of hydrogen-bond donors (Lipinski definition) is 0. The van der Waals surface area contributed by atoms with Crippen LogP contribution in [-0.4, -0.2) is 5.78 Å². The van der Waals surface area contributed by atoms with Gasteiger partial charge in [-0.1, -0.05) is 25.0 Å². The SMILES string of the molecule is CCC1CC=C(C)C(C(C)=O)C1. The molecule has 0 fully saturated rings. The third-order valence-corrected chi connectivity index (χ3v) is 2.96. The lowest BCUT2D eigenvalue weighted by Crippen LogP contribution is -2.20. The summed E-state index contributed by atoms with van der Waals surface area (Å²) < 4.78 is 0. The Labute approximate surface area is 74.9 Å². The molecular weight excluding hydrogens is 148 g/mol. The Morgan fingerprint density at radius 3 is 2.83 bits per heavy atom. The quantitative estimate of drug-likeness (QED) is 0.576. The van der Waals surface area contributed by atoms with Crippen molar-refractivity contribution in [3.8, 4) is 0 Å². The van der Waals surface area contributed by atoms with E-state index in [2.05, 4.69) is 19.9 Å². The molecule has 0 bridgehead atoms. The van der Waals surface area contributed by atoms with Crippen molar-refractivity contribution >= 4 is 5.78 Å². The zero-order valence-corrected chi connectivity index (χ0v) is 8.26. The van der Waals surface area contributed by atoms with E-state index in [0.29, 0.717) is 5.78 Å². The molecule has 0 aromatic heterocycles. The van der Waals surface area contributed by atoms with Crippen LogP contribution in [0.3, 0.4) is 0 Å². The van der Waals surface area contributed by atoms with Crippen molar-refractivity contribution in [3.63, 3.8) is 0 Å². The highest BCUT2D eigenvalue weighted by atomic mass is 16.1. The van der Waals surface area contributed by atoms with Crippen LogP contribution in [0.4, 0.5) is 0 Å². The summed E-state index contributed by atoms with van der Waals surface area (Å²) in [6, 6.07) is 0. The molecular formula is C11H18O. The maximum Gasteiger partial charge on any atom is 0.136 e. The molecule has 1 rings (SSSR count). The van der Waals surface area contributed by atoms with Gasteiger partial charge in [0.15, 0.2) is 0 Å². The Morgan fingerprint density at radius 2 is 2.33 bits per heavy atom.